The van der Waals surface area contributed by atoms with E-state index in [0.717, 1.165) is 43.2 Å². The molecule has 0 bridgehead atoms. The molecule has 1 unspecified atom stereocenters. The largest absolute Gasteiger partial charge is 0.444 e. The number of benzene rings is 1. The van der Waals surface area contributed by atoms with Crippen LogP contribution in [0.1, 0.15) is 93.4 Å². The summed E-state index contributed by atoms with van der Waals surface area (Å²) >= 11 is 0. The van der Waals surface area contributed by atoms with Crippen molar-refractivity contribution in [2.24, 2.45) is 5.92 Å². The summed E-state index contributed by atoms with van der Waals surface area (Å²) in [4.78, 5) is 32.7. The number of carbonyl (C=O) groups is 2. The Morgan fingerprint density at radius 1 is 1.02 bits per heavy atom. The average molecular weight is 560 g/mol. The third-order valence-electron chi connectivity index (χ3n) is 8.28. The number of hydrogen-bond donors (Lipinski definition) is 2. The van der Waals surface area contributed by atoms with E-state index in [1.54, 1.807) is 0 Å². The molecule has 1 aromatic carbocycles. The molecule has 3 aromatic rings. The molecule has 1 aliphatic carbocycles. The summed E-state index contributed by atoms with van der Waals surface area (Å²) in [6.45, 7) is 8.48. The lowest BCUT2D eigenvalue weighted by Gasteiger charge is -2.27. The highest BCUT2D eigenvalue weighted by molar-refractivity contribution is 5.93. The molecule has 2 N–H and O–H groups in total. The molecule has 2 aliphatic rings. The van der Waals surface area contributed by atoms with Gasteiger partial charge in [-0.1, -0.05) is 68.5 Å². The highest BCUT2D eigenvalue weighted by atomic mass is 16.6. The summed E-state index contributed by atoms with van der Waals surface area (Å²) in [6, 6.07) is 16.4. The number of fused-ring (bicyclic) bond motifs is 1. The zero-order valence-electron chi connectivity index (χ0n) is 24.8. The van der Waals surface area contributed by atoms with Gasteiger partial charge in [0.15, 0.2) is 0 Å². The maximum absolute atomic E-state index is 13.5. The Balaban J connectivity index is 1.21. The van der Waals surface area contributed by atoms with Crippen LogP contribution < -0.4 is 10.6 Å². The van der Waals surface area contributed by atoms with E-state index in [4.69, 9.17) is 9.72 Å². The van der Waals surface area contributed by atoms with Gasteiger partial charge in [0.25, 0.3) is 5.91 Å². The monoisotopic (exact) mass is 559 g/mol. The number of imidazole rings is 1. The van der Waals surface area contributed by atoms with E-state index in [9.17, 15) is 9.59 Å². The van der Waals surface area contributed by atoms with E-state index in [0.29, 0.717) is 24.7 Å². The Labute approximate surface area is 243 Å². The van der Waals surface area contributed by atoms with Crippen LogP contribution in [0.4, 0.5) is 4.79 Å². The van der Waals surface area contributed by atoms with Gasteiger partial charge in [-0.2, -0.15) is 0 Å². The van der Waals surface area contributed by atoms with Gasteiger partial charge in [0.05, 0.1) is 5.69 Å². The number of nitrogens with one attached hydrogen (secondary N) is 2. The van der Waals surface area contributed by atoms with Crippen molar-refractivity contribution in [2.45, 2.75) is 89.8 Å². The zero-order valence-corrected chi connectivity index (χ0v) is 24.8. The van der Waals surface area contributed by atoms with Gasteiger partial charge in [0.1, 0.15) is 16.9 Å². The van der Waals surface area contributed by atoms with E-state index < -0.39 is 5.60 Å². The van der Waals surface area contributed by atoms with E-state index in [1.807, 2.05) is 49.6 Å². The first-order chi connectivity index (χ1) is 19.7. The molecule has 0 spiro atoms. The van der Waals surface area contributed by atoms with Gasteiger partial charge < -0.3 is 15.4 Å². The number of nitrogens with zero attached hydrogens (tertiary/aromatic N) is 3. The first kappa shape index (κ1) is 29.1. The highest BCUT2D eigenvalue weighted by Crippen LogP contribution is 2.33. The summed E-state index contributed by atoms with van der Waals surface area (Å²) in [5.41, 5.74) is 3.05. The Morgan fingerprint density at radius 3 is 2.56 bits per heavy atom. The standard InChI is InChI=1S/C33H45N5O3/c1-33(2,3)41-32(40)36-27-17-18-37(21-27)22-28-23-38-29(15-10-16-30(38)35-28)31(39)34-20-26(25-13-8-5-9-14-25)19-24-11-6-4-7-12-24/h5,8-10,13-16,23-24,26-27H,4,6-7,11-12,17-22H2,1-3H3,(H,34,39)(H,36,40)/t26?,27-/m1/s1. The number of hydrogen-bond acceptors (Lipinski definition) is 5. The third-order valence-corrected chi connectivity index (χ3v) is 8.28. The van der Waals surface area contributed by atoms with Gasteiger partial charge in [-0.15, -0.1) is 0 Å². The lowest BCUT2D eigenvalue weighted by molar-refractivity contribution is 0.0505. The maximum atomic E-state index is 13.5. The smallest absolute Gasteiger partial charge is 0.407 e. The van der Waals surface area contributed by atoms with Crippen LogP contribution in [0.25, 0.3) is 5.65 Å². The molecule has 1 saturated carbocycles. The minimum absolute atomic E-state index is 0.0504. The molecule has 220 valence electrons. The SMILES string of the molecule is CC(C)(C)OC(=O)N[C@@H]1CCN(Cc2cn3c(C(=O)NCC(CC4CCCCC4)c4ccccc4)cccc3n2)C1. The Morgan fingerprint density at radius 2 is 1.80 bits per heavy atom. The number of amides is 2. The van der Waals surface area contributed by atoms with Crippen molar-refractivity contribution < 1.29 is 14.3 Å². The van der Waals surface area contributed by atoms with Gasteiger partial charge in [0.2, 0.25) is 0 Å². The molecular formula is C33H45N5O3. The fourth-order valence-electron chi connectivity index (χ4n) is 6.31. The minimum atomic E-state index is -0.513. The third kappa shape index (κ3) is 8.09. The van der Waals surface area contributed by atoms with Crippen molar-refractivity contribution in [3.63, 3.8) is 0 Å². The van der Waals surface area contributed by atoms with Gasteiger partial charge in [-0.05, 0) is 57.2 Å². The lowest BCUT2D eigenvalue weighted by Crippen LogP contribution is -2.40. The van der Waals surface area contributed by atoms with Gasteiger partial charge >= 0.3 is 6.09 Å². The molecule has 1 saturated heterocycles. The van der Waals surface area contributed by atoms with Crippen LogP contribution in [0, 0.1) is 5.92 Å². The number of rotatable bonds is 9. The molecule has 2 fully saturated rings. The number of ether oxygens (including phenoxy) is 1. The second-order valence-electron chi connectivity index (χ2n) is 12.8. The number of carbonyl (C=O) groups excluding carboxylic acids is 2. The summed E-state index contributed by atoms with van der Waals surface area (Å²) in [5.74, 6) is 0.958. The molecule has 3 heterocycles. The quantitative estimate of drug-likeness (QED) is 0.340. The molecule has 8 heteroatoms. The molecule has 2 aromatic heterocycles. The van der Waals surface area contributed by atoms with Gasteiger partial charge in [-0.25, -0.2) is 9.78 Å². The van der Waals surface area contributed by atoms with Crippen molar-refractivity contribution >= 4 is 17.6 Å². The molecule has 2 atom stereocenters. The fourth-order valence-corrected chi connectivity index (χ4v) is 6.31. The maximum Gasteiger partial charge on any atom is 0.407 e. The minimum Gasteiger partial charge on any atom is -0.444 e. The average Bonchev–Trinajstić information content (AvgIpc) is 3.56. The first-order valence-corrected chi connectivity index (χ1v) is 15.3. The molecule has 0 radical (unpaired) electrons. The molecule has 8 nitrogen and oxygen atoms in total. The van der Waals surface area contributed by atoms with Crippen LogP contribution in [-0.4, -0.2) is 57.6 Å². The number of alkyl carbamates (subject to hydrolysis) is 1. The topological polar surface area (TPSA) is 88.0 Å². The van der Waals surface area contributed by atoms with Gasteiger partial charge in [0, 0.05) is 44.3 Å². The van der Waals surface area contributed by atoms with Crippen molar-refractivity contribution in [1.29, 1.82) is 0 Å². The number of aromatic nitrogens is 2. The molecular weight excluding hydrogens is 514 g/mol. The lowest BCUT2D eigenvalue weighted by atomic mass is 9.80. The van der Waals surface area contributed by atoms with Crippen LogP contribution in [0.3, 0.4) is 0 Å². The van der Waals surface area contributed by atoms with E-state index in [2.05, 4.69) is 45.9 Å². The van der Waals surface area contributed by atoms with E-state index in [-0.39, 0.29) is 18.0 Å². The second-order valence-corrected chi connectivity index (χ2v) is 12.8. The Hall–Kier alpha value is -3.39. The zero-order chi connectivity index (χ0) is 28.8. The van der Waals surface area contributed by atoms with Crippen molar-refractivity contribution in [3.8, 4) is 0 Å². The first-order valence-electron chi connectivity index (χ1n) is 15.3. The van der Waals surface area contributed by atoms with Crippen molar-refractivity contribution in [1.82, 2.24) is 24.9 Å². The summed E-state index contributed by atoms with van der Waals surface area (Å²) in [7, 11) is 0. The Kier molecular flexibility index (Phi) is 9.28. The molecule has 2 amide bonds. The Bertz CT molecular complexity index is 1310. The van der Waals surface area contributed by atoms with Crippen LogP contribution >= 0.6 is 0 Å². The normalized spacial score (nSPS) is 19.2. The summed E-state index contributed by atoms with van der Waals surface area (Å²) in [6.07, 6.45) is 10.2. The fraction of sp³-hybridized carbons (Fsp3) is 0.545. The number of pyridine rings is 1. The predicted molar refractivity (Wildman–Crippen MR) is 161 cm³/mol. The molecule has 5 rings (SSSR count). The van der Waals surface area contributed by atoms with Crippen molar-refractivity contribution in [3.05, 3.63) is 71.7 Å². The van der Waals surface area contributed by atoms with Crippen LogP contribution in [0.2, 0.25) is 0 Å². The highest BCUT2D eigenvalue weighted by Gasteiger charge is 2.27. The predicted octanol–water partition coefficient (Wildman–Crippen LogP) is 5.92. The van der Waals surface area contributed by atoms with E-state index in [1.165, 1.54) is 37.7 Å². The molecule has 41 heavy (non-hydrogen) atoms. The van der Waals surface area contributed by atoms with Crippen molar-refractivity contribution in [2.75, 3.05) is 19.6 Å². The summed E-state index contributed by atoms with van der Waals surface area (Å²) < 4.78 is 7.30. The van der Waals surface area contributed by atoms with Gasteiger partial charge in [-0.3, -0.25) is 14.1 Å². The van der Waals surface area contributed by atoms with E-state index >= 15 is 0 Å². The van der Waals surface area contributed by atoms with Crippen LogP contribution in [-0.2, 0) is 11.3 Å². The van der Waals surface area contributed by atoms with Crippen LogP contribution in [0.15, 0.2) is 54.7 Å². The summed E-state index contributed by atoms with van der Waals surface area (Å²) in [5, 5.41) is 6.23. The second kappa shape index (κ2) is 13.1. The molecule has 1 aliphatic heterocycles. The van der Waals surface area contributed by atoms with Crippen LogP contribution in [0.5, 0.6) is 0 Å². The number of likely N-dealkylation sites (tertiary alicyclic amines) is 1.